The van der Waals surface area contributed by atoms with Crippen molar-refractivity contribution in [1.29, 1.82) is 0 Å². The van der Waals surface area contributed by atoms with Crippen molar-refractivity contribution in [3.8, 4) is 0 Å². The molecule has 2 N–H and O–H groups in total. The van der Waals surface area contributed by atoms with E-state index in [0.717, 1.165) is 0 Å². The van der Waals surface area contributed by atoms with Gasteiger partial charge in [0.2, 0.25) is 10.0 Å². The Morgan fingerprint density at radius 2 is 1.85 bits per heavy atom. The third-order valence-corrected chi connectivity index (χ3v) is 5.23. The van der Waals surface area contributed by atoms with E-state index in [1.165, 1.54) is 21.7 Å². The fourth-order valence-corrected chi connectivity index (χ4v) is 3.67. The van der Waals surface area contributed by atoms with Crippen LogP contribution in [0.3, 0.4) is 0 Å². The van der Waals surface area contributed by atoms with Crippen LogP contribution in [0.5, 0.6) is 0 Å². The number of nitrogens with zero attached hydrogens (tertiary/aromatic N) is 2. The van der Waals surface area contributed by atoms with E-state index in [9.17, 15) is 23.1 Å². The first-order chi connectivity index (χ1) is 12.1. The Kier molecular flexibility index (Phi) is 5.83. The average Bonchev–Trinajstić information content (AvgIpc) is 2.96. The molecular formula is C17H21N3O5S. The average molecular weight is 379 g/mol. The van der Waals surface area contributed by atoms with Crippen LogP contribution in [0.25, 0.3) is 0 Å². The van der Waals surface area contributed by atoms with E-state index in [-0.39, 0.29) is 22.9 Å². The molecule has 0 aliphatic heterocycles. The number of carbonyl (C=O) groups excluding carboxylic acids is 1. The lowest BCUT2D eigenvalue weighted by Gasteiger charge is -2.14. The second-order valence-corrected chi connectivity index (χ2v) is 7.79. The van der Waals surface area contributed by atoms with Gasteiger partial charge >= 0.3 is 5.97 Å². The quantitative estimate of drug-likeness (QED) is 0.736. The lowest BCUT2D eigenvalue weighted by atomic mass is 10.1. The van der Waals surface area contributed by atoms with E-state index in [2.05, 4.69) is 4.72 Å². The number of rotatable bonds is 7. The summed E-state index contributed by atoms with van der Waals surface area (Å²) in [6, 6.07) is 8.64. The molecule has 8 nitrogen and oxygen atoms in total. The number of carboxylic acids is 1. The Bertz CT molecular complexity index is 904. The lowest BCUT2D eigenvalue weighted by Crippen LogP contribution is -2.42. The maximum absolute atomic E-state index is 12.6. The molecule has 0 saturated carbocycles. The molecule has 0 bridgehead atoms. The number of carbonyl (C=O) groups is 2. The Hall–Kier alpha value is -2.65. The van der Waals surface area contributed by atoms with Gasteiger partial charge in [0.05, 0.1) is 0 Å². The molecule has 0 saturated heterocycles. The summed E-state index contributed by atoms with van der Waals surface area (Å²) in [5.74, 6) is -1.63. The number of hydrogen-bond donors (Lipinski definition) is 2. The van der Waals surface area contributed by atoms with Crippen molar-refractivity contribution >= 4 is 21.9 Å². The van der Waals surface area contributed by atoms with Crippen molar-refractivity contribution < 1.29 is 23.1 Å². The summed E-state index contributed by atoms with van der Waals surface area (Å²) in [4.78, 5) is 24.7. The van der Waals surface area contributed by atoms with Crippen LogP contribution in [0.15, 0.2) is 47.5 Å². The standard InChI is InChI=1S/C17H21N3O5S/c1-19(2)16(21)15-10-13(11-20(15)3)26(24,25)18-14(17(22)23)9-12-7-5-4-6-8-12/h4-8,10-11,14,18H,9H2,1-3H3,(H,22,23)/t14-/m1/s1. The van der Waals surface area contributed by atoms with Gasteiger partial charge in [0.25, 0.3) is 5.91 Å². The normalized spacial score (nSPS) is 12.6. The monoisotopic (exact) mass is 379 g/mol. The van der Waals surface area contributed by atoms with Crippen LogP contribution in [-0.4, -0.2) is 55.0 Å². The summed E-state index contributed by atoms with van der Waals surface area (Å²) in [7, 11) is 0.557. The predicted octanol–water partition coefficient (Wildman–Crippen LogP) is 0.701. The number of sulfonamides is 1. The lowest BCUT2D eigenvalue weighted by molar-refractivity contribution is -0.138. The van der Waals surface area contributed by atoms with Gasteiger partial charge in [-0.2, -0.15) is 4.72 Å². The molecule has 140 valence electrons. The van der Waals surface area contributed by atoms with Crippen LogP contribution in [0.1, 0.15) is 16.1 Å². The fraction of sp³-hybridized carbons (Fsp3) is 0.294. The summed E-state index contributed by atoms with van der Waals surface area (Å²) in [5, 5.41) is 9.37. The molecule has 26 heavy (non-hydrogen) atoms. The van der Waals surface area contributed by atoms with Crippen LogP contribution in [0.4, 0.5) is 0 Å². The van der Waals surface area contributed by atoms with Crippen LogP contribution < -0.4 is 4.72 Å². The number of amides is 1. The molecule has 1 atom stereocenters. The van der Waals surface area contributed by atoms with Crippen LogP contribution in [0, 0.1) is 0 Å². The highest BCUT2D eigenvalue weighted by atomic mass is 32.2. The van der Waals surface area contributed by atoms with Gasteiger partial charge in [0, 0.05) is 27.3 Å². The van der Waals surface area contributed by atoms with Crippen molar-refractivity contribution in [2.75, 3.05) is 14.1 Å². The number of aromatic nitrogens is 1. The van der Waals surface area contributed by atoms with Gasteiger partial charge in [-0.1, -0.05) is 30.3 Å². The molecule has 0 aliphatic carbocycles. The summed E-state index contributed by atoms with van der Waals surface area (Å²) in [5.41, 5.74) is 0.879. The topological polar surface area (TPSA) is 109 Å². The molecule has 9 heteroatoms. The first-order valence-corrected chi connectivity index (χ1v) is 9.27. The minimum absolute atomic E-state index is 0.00568. The van der Waals surface area contributed by atoms with Crippen LogP contribution in [-0.2, 0) is 28.3 Å². The Morgan fingerprint density at radius 1 is 1.23 bits per heavy atom. The Balaban J connectivity index is 2.27. The minimum Gasteiger partial charge on any atom is -0.480 e. The molecule has 1 heterocycles. The number of benzene rings is 1. The third kappa shape index (κ3) is 4.50. The van der Waals surface area contributed by atoms with Crippen molar-refractivity contribution in [3.05, 3.63) is 53.9 Å². The Labute approximate surface area is 152 Å². The van der Waals surface area contributed by atoms with E-state index in [4.69, 9.17) is 0 Å². The number of carboxylic acid groups (broad SMARTS) is 1. The molecule has 0 spiro atoms. The van der Waals surface area contributed by atoms with E-state index >= 15 is 0 Å². The highest BCUT2D eigenvalue weighted by Crippen LogP contribution is 2.16. The van der Waals surface area contributed by atoms with Crippen LogP contribution >= 0.6 is 0 Å². The zero-order valence-electron chi connectivity index (χ0n) is 14.7. The number of aryl methyl sites for hydroxylation is 1. The van der Waals surface area contributed by atoms with Gasteiger partial charge in [0.15, 0.2) is 0 Å². The number of aliphatic carboxylic acids is 1. The molecule has 2 rings (SSSR count). The van der Waals surface area contributed by atoms with E-state index in [1.807, 2.05) is 0 Å². The first kappa shape index (κ1) is 19.7. The molecule has 0 radical (unpaired) electrons. The highest BCUT2D eigenvalue weighted by molar-refractivity contribution is 7.89. The van der Waals surface area contributed by atoms with Gasteiger partial charge in [-0.25, -0.2) is 8.42 Å². The zero-order chi connectivity index (χ0) is 19.5. The molecule has 0 unspecified atom stereocenters. The molecule has 1 aromatic heterocycles. The largest absolute Gasteiger partial charge is 0.480 e. The van der Waals surface area contributed by atoms with Gasteiger partial charge in [0.1, 0.15) is 16.6 Å². The predicted molar refractivity (Wildman–Crippen MR) is 95.3 cm³/mol. The van der Waals surface area contributed by atoms with Gasteiger partial charge in [-0.05, 0) is 18.1 Å². The van der Waals surface area contributed by atoms with Gasteiger partial charge < -0.3 is 14.6 Å². The summed E-state index contributed by atoms with van der Waals surface area (Å²) >= 11 is 0. The smallest absolute Gasteiger partial charge is 0.322 e. The first-order valence-electron chi connectivity index (χ1n) is 7.79. The SMILES string of the molecule is CN(C)C(=O)c1cc(S(=O)(=O)N[C@H](Cc2ccccc2)C(=O)O)cn1C. The molecule has 0 aliphatic rings. The van der Waals surface area contributed by atoms with Crippen LogP contribution in [0.2, 0.25) is 0 Å². The van der Waals surface area contributed by atoms with Crippen molar-refractivity contribution in [3.63, 3.8) is 0 Å². The van der Waals surface area contributed by atoms with Gasteiger partial charge in [-0.3, -0.25) is 9.59 Å². The van der Waals surface area contributed by atoms with Crippen molar-refractivity contribution in [2.24, 2.45) is 7.05 Å². The van der Waals surface area contributed by atoms with Crippen molar-refractivity contribution in [2.45, 2.75) is 17.4 Å². The van der Waals surface area contributed by atoms with E-state index in [0.29, 0.717) is 5.56 Å². The maximum atomic E-state index is 12.6. The second-order valence-electron chi connectivity index (χ2n) is 6.07. The maximum Gasteiger partial charge on any atom is 0.322 e. The summed E-state index contributed by atoms with van der Waals surface area (Å²) in [6.07, 6.45) is 1.28. The summed E-state index contributed by atoms with van der Waals surface area (Å²) < 4.78 is 28.8. The fourth-order valence-electron chi connectivity index (χ4n) is 2.41. The van der Waals surface area contributed by atoms with Gasteiger partial charge in [-0.15, -0.1) is 0 Å². The Morgan fingerprint density at radius 3 is 2.38 bits per heavy atom. The van der Waals surface area contributed by atoms with Crippen molar-refractivity contribution in [1.82, 2.24) is 14.2 Å². The molecule has 0 fully saturated rings. The highest BCUT2D eigenvalue weighted by Gasteiger charge is 2.28. The van der Waals surface area contributed by atoms with E-state index < -0.39 is 22.0 Å². The molecule has 2 aromatic rings. The molecule has 1 amide bonds. The summed E-state index contributed by atoms with van der Waals surface area (Å²) in [6.45, 7) is 0. The molecular weight excluding hydrogens is 358 g/mol. The minimum atomic E-state index is -4.11. The zero-order valence-corrected chi connectivity index (χ0v) is 15.5. The molecule has 1 aromatic carbocycles. The van der Waals surface area contributed by atoms with E-state index in [1.54, 1.807) is 51.5 Å². The third-order valence-electron chi connectivity index (χ3n) is 3.79. The second kappa shape index (κ2) is 7.71. The number of nitrogens with one attached hydrogen (secondary N) is 1. The number of hydrogen-bond acceptors (Lipinski definition) is 4.